The van der Waals surface area contributed by atoms with Crippen molar-refractivity contribution in [3.05, 3.63) is 50.6 Å². The lowest BCUT2D eigenvalue weighted by molar-refractivity contribution is 0.0889. The second-order valence-electron chi connectivity index (χ2n) is 10.1. The smallest absolute Gasteiger partial charge is 0.280 e. The van der Waals surface area contributed by atoms with Gasteiger partial charge in [0.15, 0.2) is 5.01 Å². The maximum Gasteiger partial charge on any atom is 0.280 e. The van der Waals surface area contributed by atoms with Crippen molar-refractivity contribution >= 4 is 58.1 Å². The molecule has 3 aromatic rings. The number of H-pyrrole nitrogens is 1. The Labute approximate surface area is 219 Å². The summed E-state index contributed by atoms with van der Waals surface area (Å²) in [4.78, 5) is 37.5. The van der Waals surface area contributed by atoms with Gasteiger partial charge < -0.3 is 15.6 Å². The predicted octanol–water partition coefficient (Wildman–Crippen LogP) is 4.69. The van der Waals surface area contributed by atoms with Crippen molar-refractivity contribution < 1.29 is 9.59 Å². The van der Waals surface area contributed by atoms with Crippen LogP contribution >= 0.6 is 35.3 Å². The Morgan fingerprint density at radius 1 is 1.17 bits per heavy atom. The normalized spacial score (nSPS) is 22.9. The number of benzene rings is 1. The van der Waals surface area contributed by atoms with Crippen LogP contribution < -0.4 is 10.6 Å². The summed E-state index contributed by atoms with van der Waals surface area (Å²) in [6.45, 7) is 4.24. The fourth-order valence-electron chi connectivity index (χ4n) is 5.26. The van der Waals surface area contributed by atoms with E-state index >= 15 is 0 Å². The molecule has 3 heterocycles. The van der Waals surface area contributed by atoms with Gasteiger partial charge in [0, 0.05) is 57.9 Å². The Morgan fingerprint density at radius 2 is 1.91 bits per heavy atom. The van der Waals surface area contributed by atoms with Gasteiger partial charge in [0.05, 0.1) is 5.69 Å². The SMILES string of the molecule is CC1(N2CCc3nc(C(=O)NC4CCCC4NC(=O)c4cc5cc(Cl)ccc5[nH]4)sc3C2)CC1.Cl. The maximum atomic E-state index is 13.1. The number of nitrogens with zero attached hydrogens (tertiary/aromatic N) is 2. The molecule has 0 bridgehead atoms. The number of carbonyl (C=O) groups is 2. The molecule has 2 saturated carbocycles. The number of aromatic nitrogens is 2. The lowest BCUT2D eigenvalue weighted by Crippen LogP contribution is -2.48. The van der Waals surface area contributed by atoms with Crippen molar-refractivity contribution in [2.24, 2.45) is 0 Å². The van der Waals surface area contributed by atoms with Crippen LogP contribution in [0.4, 0.5) is 0 Å². The monoisotopic (exact) mass is 533 g/mol. The first-order chi connectivity index (χ1) is 16.4. The number of thiazole rings is 1. The Kier molecular flexibility index (Phi) is 6.59. The van der Waals surface area contributed by atoms with E-state index in [1.807, 2.05) is 18.2 Å². The number of carbonyl (C=O) groups excluding carboxylic acids is 2. The summed E-state index contributed by atoms with van der Waals surface area (Å²) in [5.74, 6) is -0.299. The zero-order valence-corrected chi connectivity index (χ0v) is 21.9. The molecule has 2 unspecified atom stereocenters. The standard InChI is InChI=1S/C25H28ClN5O2S.ClH/c1-25(8-9-25)31-10-7-19-21(13-31)34-24(30-19)23(33)29-18-4-2-3-17(18)28-22(32)20-12-14-11-15(26)5-6-16(14)27-20;/h5-6,11-12,17-18,27H,2-4,7-10,13H2,1H3,(H,28,32)(H,29,33);1H. The van der Waals surface area contributed by atoms with Crippen molar-refractivity contribution in [1.29, 1.82) is 0 Å². The van der Waals surface area contributed by atoms with E-state index in [4.69, 9.17) is 11.6 Å². The van der Waals surface area contributed by atoms with Gasteiger partial charge in [0.25, 0.3) is 11.8 Å². The number of fused-ring (bicyclic) bond motifs is 2. The second kappa shape index (κ2) is 9.39. The molecule has 3 N–H and O–H groups in total. The minimum Gasteiger partial charge on any atom is -0.351 e. The van der Waals surface area contributed by atoms with Crippen LogP contribution in [-0.4, -0.2) is 50.8 Å². The fourth-order valence-corrected chi connectivity index (χ4v) is 6.47. The molecule has 2 amide bonds. The lowest BCUT2D eigenvalue weighted by Gasteiger charge is -2.31. The first-order valence-corrected chi connectivity index (χ1v) is 13.2. The van der Waals surface area contributed by atoms with Gasteiger partial charge in [0.1, 0.15) is 5.69 Å². The minimum atomic E-state index is -0.170. The van der Waals surface area contributed by atoms with E-state index in [1.165, 1.54) is 29.1 Å². The number of rotatable bonds is 5. The fraction of sp³-hybridized carbons (Fsp3) is 0.480. The van der Waals surface area contributed by atoms with E-state index in [0.29, 0.717) is 21.3 Å². The lowest BCUT2D eigenvalue weighted by atomic mass is 10.1. The van der Waals surface area contributed by atoms with Crippen molar-refractivity contribution in [1.82, 2.24) is 25.5 Å². The molecule has 35 heavy (non-hydrogen) atoms. The summed E-state index contributed by atoms with van der Waals surface area (Å²) < 4.78 is 0. The number of nitrogens with one attached hydrogen (secondary N) is 3. The van der Waals surface area contributed by atoms with Crippen LogP contribution in [0.25, 0.3) is 10.9 Å². The van der Waals surface area contributed by atoms with Crippen LogP contribution in [0.5, 0.6) is 0 Å². The van der Waals surface area contributed by atoms with Gasteiger partial charge in [-0.2, -0.15) is 0 Å². The molecule has 2 atom stereocenters. The van der Waals surface area contributed by atoms with Crippen LogP contribution in [0, 0.1) is 0 Å². The highest BCUT2D eigenvalue weighted by Gasteiger charge is 2.44. The van der Waals surface area contributed by atoms with Crippen molar-refractivity contribution in [3.8, 4) is 0 Å². The van der Waals surface area contributed by atoms with Crippen LogP contribution in [0.1, 0.15) is 69.9 Å². The highest BCUT2D eigenvalue weighted by Crippen LogP contribution is 2.43. The Bertz CT molecular complexity index is 1280. The van der Waals surface area contributed by atoms with Gasteiger partial charge in [0.2, 0.25) is 0 Å². The van der Waals surface area contributed by atoms with E-state index < -0.39 is 0 Å². The minimum absolute atomic E-state index is 0. The Hall–Kier alpha value is -2.13. The first-order valence-electron chi connectivity index (χ1n) is 12.0. The predicted molar refractivity (Wildman–Crippen MR) is 141 cm³/mol. The molecule has 2 aromatic heterocycles. The summed E-state index contributed by atoms with van der Waals surface area (Å²) in [6.07, 6.45) is 6.07. The van der Waals surface area contributed by atoms with E-state index in [2.05, 4.69) is 32.4 Å². The number of halogens is 2. The van der Waals surface area contributed by atoms with Crippen LogP contribution in [0.15, 0.2) is 24.3 Å². The molecule has 1 aromatic carbocycles. The van der Waals surface area contributed by atoms with E-state index in [1.54, 1.807) is 6.07 Å². The van der Waals surface area contributed by atoms with E-state index in [0.717, 1.165) is 55.4 Å². The summed E-state index contributed by atoms with van der Waals surface area (Å²) in [5.41, 5.74) is 2.78. The Balaban J connectivity index is 0.00000253. The Morgan fingerprint density at radius 3 is 2.66 bits per heavy atom. The highest BCUT2D eigenvalue weighted by atomic mass is 35.5. The molecule has 3 aliphatic rings. The molecular weight excluding hydrogens is 505 g/mol. The average molecular weight is 535 g/mol. The molecule has 186 valence electrons. The van der Waals surface area contributed by atoms with Crippen molar-refractivity contribution in [2.45, 2.75) is 69.6 Å². The van der Waals surface area contributed by atoms with Gasteiger partial charge in [-0.25, -0.2) is 4.98 Å². The first kappa shape index (κ1) is 24.6. The zero-order valence-electron chi connectivity index (χ0n) is 19.5. The third-order valence-corrected chi connectivity index (χ3v) is 8.96. The molecule has 2 aliphatic carbocycles. The second-order valence-corrected chi connectivity index (χ2v) is 11.6. The topological polar surface area (TPSA) is 90.1 Å². The third kappa shape index (κ3) is 4.81. The van der Waals surface area contributed by atoms with E-state index in [9.17, 15) is 9.59 Å². The van der Waals surface area contributed by atoms with Crippen LogP contribution in [-0.2, 0) is 13.0 Å². The molecular formula is C25H29Cl2N5O2S. The molecule has 10 heteroatoms. The molecule has 1 aliphatic heterocycles. The van der Waals surface area contributed by atoms with Crippen molar-refractivity contribution in [2.75, 3.05) is 6.54 Å². The van der Waals surface area contributed by atoms with Gasteiger partial charge in [-0.1, -0.05) is 11.6 Å². The van der Waals surface area contributed by atoms with Gasteiger partial charge >= 0.3 is 0 Å². The summed E-state index contributed by atoms with van der Waals surface area (Å²) in [5, 5.41) is 8.34. The molecule has 6 rings (SSSR count). The molecule has 7 nitrogen and oxygen atoms in total. The molecule has 0 spiro atoms. The van der Waals surface area contributed by atoms with E-state index in [-0.39, 0.29) is 36.3 Å². The largest absolute Gasteiger partial charge is 0.351 e. The summed E-state index contributed by atoms with van der Waals surface area (Å²) in [7, 11) is 0. The number of aromatic amines is 1. The van der Waals surface area contributed by atoms with Gasteiger partial charge in [-0.15, -0.1) is 23.7 Å². The maximum absolute atomic E-state index is 13.1. The number of amides is 2. The summed E-state index contributed by atoms with van der Waals surface area (Å²) >= 11 is 7.59. The van der Waals surface area contributed by atoms with Crippen LogP contribution in [0.2, 0.25) is 5.02 Å². The summed E-state index contributed by atoms with van der Waals surface area (Å²) in [6, 6.07) is 7.10. The average Bonchev–Trinajstić information content (AvgIpc) is 3.18. The number of hydrogen-bond acceptors (Lipinski definition) is 5. The third-order valence-electron chi connectivity index (χ3n) is 7.64. The van der Waals surface area contributed by atoms with Gasteiger partial charge in [-0.3, -0.25) is 14.5 Å². The molecule has 0 radical (unpaired) electrons. The quantitative estimate of drug-likeness (QED) is 0.443. The number of hydrogen-bond donors (Lipinski definition) is 3. The molecule has 0 saturated heterocycles. The van der Waals surface area contributed by atoms with Crippen molar-refractivity contribution in [3.63, 3.8) is 0 Å². The zero-order chi connectivity index (χ0) is 23.4. The van der Waals surface area contributed by atoms with Gasteiger partial charge in [-0.05, 0) is 63.3 Å². The highest BCUT2D eigenvalue weighted by molar-refractivity contribution is 7.13. The molecule has 2 fully saturated rings. The van der Waals surface area contributed by atoms with Crippen LogP contribution in [0.3, 0.4) is 0 Å².